The van der Waals surface area contributed by atoms with Gasteiger partial charge in [0.05, 0.1) is 20.0 Å². The second-order valence-corrected chi connectivity index (χ2v) is 7.24. The molecular weight excluding hydrogens is 348 g/mol. The van der Waals surface area contributed by atoms with Gasteiger partial charge >= 0.3 is 0 Å². The van der Waals surface area contributed by atoms with E-state index in [-0.39, 0.29) is 38.4 Å². The quantitative estimate of drug-likeness (QED) is 0.577. The molecule has 8 nitrogen and oxygen atoms in total. The van der Waals surface area contributed by atoms with Crippen LogP contribution in [0.15, 0.2) is 25.3 Å². The number of likely N-dealkylation sites (tertiary alicyclic amines) is 1. The summed E-state index contributed by atoms with van der Waals surface area (Å²) in [7, 11) is 0. The van der Waals surface area contributed by atoms with Gasteiger partial charge in [-0.25, -0.2) is 4.90 Å². The summed E-state index contributed by atoms with van der Waals surface area (Å²) in [6.07, 6.45) is 5.22. The van der Waals surface area contributed by atoms with Crippen LogP contribution in [-0.4, -0.2) is 94.1 Å². The minimum atomic E-state index is -0.749. The van der Waals surface area contributed by atoms with E-state index in [2.05, 4.69) is 18.1 Å². The van der Waals surface area contributed by atoms with Crippen molar-refractivity contribution in [1.82, 2.24) is 19.6 Å². The molecule has 0 aromatic heterocycles. The van der Waals surface area contributed by atoms with Crippen molar-refractivity contribution in [3.05, 3.63) is 25.3 Å². The Hall–Kier alpha value is -1.74. The summed E-state index contributed by atoms with van der Waals surface area (Å²) in [5.41, 5.74) is 0. The molecule has 0 radical (unpaired) electrons. The summed E-state index contributed by atoms with van der Waals surface area (Å²) >= 11 is 0. The second kappa shape index (κ2) is 10.6. The van der Waals surface area contributed by atoms with Gasteiger partial charge in [0.25, 0.3) is 0 Å². The zero-order chi connectivity index (χ0) is 19.8. The third-order valence-electron chi connectivity index (χ3n) is 5.39. The Kier molecular flexibility index (Phi) is 8.43. The molecule has 1 atom stereocenters. The van der Waals surface area contributed by atoms with Gasteiger partial charge in [-0.15, -0.1) is 0 Å². The number of carbonyl (C=O) groups is 2. The molecule has 152 valence electrons. The Balaban J connectivity index is 1.86. The van der Waals surface area contributed by atoms with Crippen molar-refractivity contribution >= 4 is 11.8 Å². The van der Waals surface area contributed by atoms with E-state index < -0.39 is 6.23 Å². The Morgan fingerprint density at radius 2 is 1.59 bits per heavy atom. The average Bonchev–Trinajstić information content (AvgIpc) is 2.71. The SMILES string of the molecule is C=CC(=O)N1CN(C(=O)C=C)CN(C(O)CCN2CCC(CCO)CC2)C1. The summed E-state index contributed by atoms with van der Waals surface area (Å²) in [5.74, 6) is 0.0367. The normalized spacial score (nSPS) is 21.1. The lowest BCUT2D eigenvalue weighted by atomic mass is 9.94. The molecule has 8 heteroatoms. The number of piperidine rings is 1. The van der Waals surface area contributed by atoms with E-state index >= 15 is 0 Å². The third-order valence-corrected chi connectivity index (χ3v) is 5.39. The fourth-order valence-electron chi connectivity index (χ4n) is 3.67. The molecule has 2 fully saturated rings. The molecule has 27 heavy (non-hydrogen) atoms. The first-order valence-corrected chi connectivity index (χ1v) is 9.56. The third kappa shape index (κ3) is 6.14. The van der Waals surface area contributed by atoms with E-state index in [1.807, 2.05) is 0 Å². The standard InChI is InChI=1S/C19H32N4O4/c1-3-17(25)21-13-22(18(26)4-2)15-23(14-21)19(27)7-11-20-9-5-16(6-10-20)8-12-24/h3-4,16,19,24,27H,1-2,5-15H2. The highest BCUT2D eigenvalue weighted by atomic mass is 16.3. The van der Waals surface area contributed by atoms with Crippen LogP contribution in [0.5, 0.6) is 0 Å². The topological polar surface area (TPSA) is 87.6 Å². The smallest absolute Gasteiger partial charge is 0.248 e. The van der Waals surface area contributed by atoms with Crippen molar-refractivity contribution in [2.45, 2.75) is 31.9 Å². The number of rotatable bonds is 8. The first-order valence-electron chi connectivity index (χ1n) is 9.56. The molecular formula is C19H32N4O4. The fraction of sp³-hybridized carbons (Fsp3) is 0.684. The molecule has 0 spiro atoms. The maximum Gasteiger partial charge on any atom is 0.248 e. The van der Waals surface area contributed by atoms with Crippen LogP contribution < -0.4 is 0 Å². The average molecular weight is 380 g/mol. The zero-order valence-corrected chi connectivity index (χ0v) is 16.0. The summed E-state index contributed by atoms with van der Waals surface area (Å²) in [5, 5.41) is 19.7. The number of amides is 2. The van der Waals surface area contributed by atoms with Gasteiger partial charge < -0.3 is 24.9 Å². The molecule has 2 N–H and O–H groups in total. The van der Waals surface area contributed by atoms with E-state index in [0.717, 1.165) is 38.9 Å². The van der Waals surface area contributed by atoms with Crippen LogP contribution in [0.25, 0.3) is 0 Å². The van der Waals surface area contributed by atoms with E-state index in [4.69, 9.17) is 5.11 Å². The molecule has 2 rings (SSSR count). The molecule has 2 amide bonds. The largest absolute Gasteiger partial charge is 0.396 e. The van der Waals surface area contributed by atoms with Gasteiger partial charge in [-0.3, -0.25) is 9.59 Å². The van der Waals surface area contributed by atoms with Gasteiger partial charge in [-0.05, 0) is 56.8 Å². The number of aliphatic hydroxyl groups excluding tert-OH is 2. The maximum atomic E-state index is 12.0. The second-order valence-electron chi connectivity index (χ2n) is 7.24. The number of carbonyl (C=O) groups excluding carboxylic acids is 2. The van der Waals surface area contributed by atoms with Crippen LogP contribution in [0.1, 0.15) is 25.7 Å². The molecule has 1 unspecified atom stereocenters. The molecule has 2 saturated heterocycles. The molecule has 0 aromatic carbocycles. The Labute approximate surface area is 161 Å². The van der Waals surface area contributed by atoms with E-state index in [1.165, 1.54) is 22.0 Å². The van der Waals surface area contributed by atoms with Gasteiger partial charge in [0.1, 0.15) is 6.23 Å². The highest BCUT2D eigenvalue weighted by Gasteiger charge is 2.31. The fourth-order valence-corrected chi connectivity index (χ4v) is 3.67. The number of aliphatic hydroxyl groups is 2. The van der Waals surface area contributed by atoms with Crippen molar-refractivity contribution in [3.8, 4) is 0 Å². The summed E-state index contributed by atoms with van der Waals surface area (Å²) < 4.78 is 0. The van der Waals surface area contributed by atoms with Gasteiger partial charge in [-0.1, -0.05) is 13.2 Å². The van der Waals surface area contributed by atoms with Crippen LogP contribution >= 0.6 is 0 Å². The monoisotopic (exact) mass is 380 g/mol. The Morgan fingerprint density at radius 3 is 2.07 bits per heavy atom. The first-order chi connectivity index (χ1) is 13.0. The van der Waals surface area contributed by atoms with Crippen LogP contribution in [-0.2, 0) is 9.59 Å². The highest BCUT2D eigenvalue weighted by Crippen LogP contribution is 2.21. The minimum Gasteiger partial charge on any atom is -0.396 e. The Morgan fingerprint density at radius 1 is 1.04 bits per heavy atom. The summed E-state index contributed by atoms with van der Waals surface area (Å²) in [6.45, 7) is 10.6. The molecule has 2 aliphatic heterocycles. The van der Waals surface area contributed by atoms with Crippen LogP contribution in [0, 0.1) is 5.92 Å². The molecule has 0 saturated carbocycles. The Bertz CT molecular complexity index is 506. The van der Waals surface area contributed by atoms with Gasteiger partial charge in [-0.2, -0.15) is 0 Å². The first kappa shape index (κ1) is 21.6. The molecule has 0 bridgehead atoms. The van der Waals surface area contributed by atoms with Gasteiger partial charge in [0, 0.05) is 13.2 Å². The van der Waals surface area contributed by atoms with Gasteiger partial charge in [0.15, 0.2) is 0 Å². The van der Waals surface area contributed by atoms with E-state index in [1.54, 1.807) is 4.90 Å². The molecule has 2 aliphatic rings. The van der Waals surface area contributed by atoms with E-state index in [0.29, 0.717) is 12.3 Å². The van der Waals surface area contributed by atoms with Crippen molar-refractivity contribution in [3.63, 3.8) is 0 Å². The summed E-state index contributed by atoms with van der Waals surface area (Å²) in [4.78, 5) is 31.0. The van der Waals surface area contributed by atoms with Crippen molar-refractivity contribution < 1.29 is 19.8 Å². The van der Waals surface area contributed by atoms with Crippen molar-refractivity contribution in [1.29, 1.82) is 0 Å². The van der Waals surface area contributed by atoms with Gasteiger partial charge in [0.2, 0.25) is 11.8 Å². The lowest BCUT2D eigenvalue weighted by molar-refractivity contribution is -0.157. The number of hydrogen-bond acceptors (Lipinski definition) is 6. The van der Waals surface area contributed by atoms with Crippen molar-refractivity contribution in [2.75, 3.05) is 46.2 Å². The predicted molar refractivity (Wildman–Crippen MR) is 102 cm³/mol. The van der Waals surface area contributed by atoms with Crippen molar-refractivity contribution in [2.24, 2.45) is 5.92 Å². The lowest BCUT2D eigenvalue weighted by Crippen LogP contribution is -2.60. The summed E-state index contributed by atoms with van der Waals surface area (Å²) in [6, 6.07) is 0. The highest BCUT2D eigenvalue weighted by molar-refractivity contribution is 5.89. The maximum absolute atomic E-state index is 12.0. The molecule has 0 aliphatic carbocycles. The predicted octanol–water partition coefficient (Wildman–Crippen LogP) is 0.00660. The van der Waals surface area contributed by atoms with Crippen LogP contribution in [0.2, 0.25) is 0 Å². The van der Waals surface area contributed by atoms with E-state index in [9.17, 15) is 14.7 Å². The van der Waals surface area contributed by atoms with Crippen LogP contribution in [0.3, 0.4) is 0 Å². The number of nitrogens with zero attached hydrogens (tertiary/aromatic N) is 4. The van der Waals surface area contributed by atoms with Crippen LogP contribution in [0.4, 0.5) is 0 Å². The molecule has 0 aromatic rings. The minimum absolute atomic E-state index is 0.164. The zero-order valence-electron chi connectivity index (χ0n) is 16.0. The lowest BCUT2D eigenvalue weighted by Gasteiger charge is -2.43. The number of hydrogen-bond donors (Lipinski definition) is 2. The molecule has 2 heterocycles.